The highest BCUT2D eigenvalue weighted by Crippen LogP contribution is 2.10. The number of nitrogens with zero attached hydrogens (tertiary/aromatic N) is 4. The highest BCUT2D eigenvalue weighted by molar-refractivity contribution is 5.71. The number of carbonyl (C=O) groups is 2. The maximum atomic E-state index is 10.9. The molecule has 8 N–H and O–H groups in total. The normalized spacial score (nSPS) is 22.2. The van der Waals surface area contributed by atoms with Crippen LogP contribution in [0, 0.1) is 0 Å². The Bertz CT molecular complexity index is 310. The first kappa shape index (κ1) is 13.4. The Morgan fingerprint density at radius 1 is 1.12 bits per heavy atom. The monoisotopic (exact) mass is 246 g/mol. The van der Waals surface area contributed by atoms with Gasteiger partial charge in [0, 0.05) is 25.7 Å². The number of hydrogen-bond donors (Lipinski definition) is 4. The van der Waals surface area contributed by atoms with Gasteiger partial charge in [-0.15, -0.1) is 0 Å². The summed E-state index contributed by atoms with van der Waals surface area (Å²) in [5, 5.41) is 4.86. The predicted octanol–water partition coefficient (Wildman–Crippen LogP) is -2.67. The second-order valence-electron chi connectivity index (χ2n) is 3.79. The third-order valence-electron chi connectivity index (χ3n) is 2.60. The Morgan fingerprint density at radius 2 is 1.65 bits per heavy atom. The van der Waals surface area contributed by atoms with Gasteiger partial charge in [-0.2, -0.15) is 20.3 Å². The summed E-state index contributed by atoms with van der Waals surface area (Å²) in [5.74, 6) is 11.0. The third kappa shape index (κ3) is 2.94. The lowest BCUT2D eigenvalue weighted by Crippen LogP contribution is -2.67. The van der Waals surface area contributed by atoms with E-state index >= 15 is 0 Å². The lowest BCUT2D eigenvalue weighted by Gasteiger charge is -2.44. The van der Waals surface area contributed by atoms with E-state index in [-0.39, 0.29) is 6.04 Å². The molecule has 1 fully saturated rings. The van der Waals surface area contributed by atoms with Crippen LogP contribution in [0.3, 0.4) is 0 Å². The Hall–Kier alpha value is -1.62. The lowest BCUT2D eigenvalue weighted by molar-refractivity contribution is -0.106. The van der Waals surface area contributed by atoms with Crippen molar-refractivity contribution in [3.8, 4) is 0 Å². The van der Waals surface area contributed by atoms with Gasteiger partial charge in [0.1, 0.15) is 0 Å². The molecule has 1 rings (SSSR count). The van der Waals surface area contributed by atoms with E-state index in [0.29, 0.717) is 19.6 Å². The second kappa shape index (κ2) is 5.14. The molecule has 0 saturated carbocycles. The number of carbonyl (C=O) groups excluding carboxylic acids is 2. The average molecular weight is 246 g/mol. The van der Waals surface area contributed by atoms with Crippen LogP contribution in [0.25, 0.3) is 0 Å². The van der Waals surface area contributed by atoms with Crippen molar-refractivity contribution in [3.63, 3.8) is 0 Å². The highest BCUT2D eigenvalue weighted by Gasteiger charge is 2.31. The molecule has 0 spiro atoms. The molecule has 10 heteroatoms. The van der Waals surface area contributed by atoms with E-state index in [1.165, 1.54) is 0 Å². The third-order valence-corrected chi connectivity index (χ3v) is 2.60. The number of amides is 4. The van der Waals surface area contributed by atoms with Gasteiger partial charge >= 0.3 is 12.1 Å². The lowest BCUT2D eigenvalue weighted by atomic mass is 10.2. The van der Waals surface area contributed by atoms with Crippen molar-refractivity contribution < 1.29 is 9.59 Å². The minimum Gasteiger partial charge on any atom is -0.349 e. The number of hydrazine groups is 4. The van der Waals surface area contributed by atoms with Gasteiger partial charge in [0.25, 0.3) is 0 Å². The summed E-state index contributed by atoms with van der Waals surface area (Å²) in [6, 6.07) is -1.62. The van der Waals surface area contributed by atoms with Crippen LogP contribution in [0.4, 0.5) is 9.59 Å². The van der Waals surface area contributed by atoms with Crippen molar-refractivity contribution in [2.24, 2.45) is 23.2 Å². The van der Waals surface area contributed by atoms with Gasteiger partial charge in [-0.05, 0) is 6.92 Å². The van der Waals surface area contributed by atoms with E-state index in [0.717, 1.165) is 10.2 Å². The maximum Gasteiger partial charge on any atom is 0.344 e. The van der Waals surface area contributed by atoms with Crippen molar-refractivity contribution in [3.05, 3.63) is 0 Å². The predicted molar refractivity (Wildman–Crippen MR) is 59.0 cm³/mol. The zero-order chi connectivity index (χ0) is 13.2. The number of urea groups is 2. The van der Waals surface area contributed by atoms with Gasteiger partial charge in [0.2, 0.25) is 0 Å². The Labute approximate surface area is 98.5 Å². The highest BCUT2D eigenvalue weighted by atomic mass is 16.2. The first-order valence-corrected chi connectivity index (χ1v) is 5.04. The average Bonchev–Trinajstić information content (AvgIpc) is 2.26. The number of nitrogens with two attached hydrogens (primary N) is 4. The molecule has 1 atom stereocenters. The van der Waals surface area contributed by atoms with Gasteiger partial charge in [-0.1, -0.05) is 0 Å². The van der Waals surface area contributed by atoms with Crippen LogP contribution in [-0.2, 0) is 0 Å². The maximum absolute atomic E-state index is 10.9. The fraction of sp³-hybridized carbons (Fsp3) is 0.714. The summed E-state index contributed by atoms with van der Waals surface area (Å²) < 4.78 is 0. The second-order valence-corrected chi connectivity index (χ2v) is 3.79. The summed E-state index contributed by atoms with van der Waals surface area (Å²) in [6.07, 6.45) is 0. The van der Waals surface area contributed by atoms with Gasteiger partial charge < -0.3 is 11.5 Å². The first-order valence-electron chi connectivity index (χ1n) is 5.04. The number of piperazine rings is 1. The molecule has 1 aliphatic heterocycles. The molecule has 0 aliphatic carbocycles. The molecule has 1 unspecified atom stereocenters. The fourth-order valence-corrected chi connectivity index (χ4v) is 1.71. The molecule has 0 bridgehead atoms. The van der Waals surface area contributed by atoms with Gasteiger partial charge in [-0.25, -0.2) is 21.3 Å². The zero-order valence-corrected chi connectivity index (χ0v) is 9.61. The van der Waals surface area contributed by atoms with Crippen LogP contribution in [0.5, 0.6) is 0 Å². The van der Waals surface area contributed by atoms with Gasteiger partial charge in [-0.3, -0.25) is 0 Å². The van der Waals surface area contributed by atoms with E-state index in [2.05, 4.69) is 0 Å². The van der Waals surface area contributed by atoms with Crippen molar-refractivity contribution in [2.75, 3.05) is 19.6 Å². The Kier molecular flexibility index (Phi) is 4.07. The first-order chi connectivity index (χ1) is 7.84. The van der Waals surface area contributed by atoms with Crippen molar-refractivity contribution in [2.45, 2.75) is 13.0 Å². The summed E-state index contributed by atoms with van der Waals surface area (Å²) in [4.78, 5) is 21.8. The molecule has 0 aromatic heterocycles. The molecule has 1 aliphatic rings. The largest absolute Gasteiger partial charge is 0.349 e. The van der Waals surface area contributed by atoms with E-state index in [9.17, 15) is 9.59 Å². The van der Waals surface area contributed by atoms with Crippen molar-refractivity contribution in [1.82, 2.24) is 20.3 Å². The molecule has 1 saturated heterocycles. The molecule has 4 amide bonds. The summed E-state index contributed by atoms with van der Waals surface area (Å²) >= 11 is 0. The molecule has 0 aromatic carbocycles. The number of rotatable bonds is 2. The minimum atomic E-state index is -0.746. The quantitative estimate of drug-likeness (QED) is 0.237. The molecule has 1 heterocycles. The smallest absolute Gasteiger partial charge is 0.344 e. The molecule has 0 aromatic rings. The van der Waals surface area contributed by atoms with Crippen LogP contribution in [0.1, 0.15) is 6.92 Å². The van der Waals surface area contributed by atoms with Crippen molar-refractivity contribution >= 4 is 12.1 Å². The van der Waals surface area contributed by atoms with Crippen LogP contribution < -0.4 is 23.2 Å². The number of primary amides is 2. The van der Waals surface area contributed by atoms with Crippen LogP contribution in [-0.4, -0.2) is 58.0 Å². The fourth-order valence-electron chi connectivity index (χ4n) is 1.71. The Morgan fingerprint density at radius 3 is 2.06 bits per heavy atom. The summed E-state index contributed by atoms with van der Waals surface area (Å²) in [5.41, 5.74) is 10.1. The van der Waals surface area contributed by atoms with Crippen LogP contribution >= 0.6 is 0 Å². The zero-order valence-electron chi connectivity index (χ0n) is 9.61. The molecule has 17 heavy (non-hydrogen) atoms. The van der Waals surface area contributed by atoms with E-state index in [4.69, 9.17) is 23.2 Å². The van der Waals surface area contributed by atoms with Gasteiger partial charge in [0.15, 0.2) is 0 Å². The van der Waals surface area contributed by atoms with Crippen LogP contribution in [0.15, 0.2) is 0 Å². The topological polar surface area (TPSA) is 151 Å². The Balaban J connectivity index is 2.61. The van der Waals surface area contributed by atoms with Gasteiger partial charge in [0.05, 0.1) is 0 Å². The molecule has 0 radical (unpaired) electrons. The SMILES string of the molecule is CC1CN(N(N)C(N)=O)CCN1N(N)C(N)=O. The standard InChI is InChI=1S/C7H18N8O2/c1-5-4-12(14(10)6(8)16)2-3-13(5)15(11)7(9)17/h5H,2-4,10-11H2,1H3,(H2,8,16)(H2,9,17). The molecular weight excluding hydrogens is 228 g/mol. The van der Waals surface area contributed by atoms with E-state index in [1.54, 1.807) is 10.0 Å². The van der Waals surface area contributed by atoms with Crippen molar-refractivity contribution in [1.29, 1.82) is 0 Å². The van der Waals surface area contributed by atoms with Crippen LogP contribution in [0.2, 0.25) is 0 Å². The summed E-state index contributed by atoms with van der Waals surface area (Å²) in [6.45, 7) is 3.04. The summed E-state index contributed by atoms with van der Waals surface area (Å²) in [7, 11) is 0. The number of hydrogen-bond acceptors (Lipinski definition) is 6. The van der Waals surface area contributed by atoms with E-state index < -0.39 is 12.1 Å². The minimum absolute atomic E-state index is 0.133. The molecule has 10 nitrogen and oxygen atoms in total. The van der Waals surface area contributed by atoms with E-state index in [1.807, 2.05) is 6.92 Å². The molecular formula is C7H18N8O2. The molecule has 98 valence electrons.